The van der Waals surface area contributed by atoms with Crippen LogP contribution in [0, 0.1) is 0 Å². The molecular formula is C9H13Br2NO4S2. The molecule has 1 heterocycles. The predicted molar refractivity (Wildman–Crippen MR) is 77.2 cm³/mol. The first-order valence-corrected chi connectivity index (χ1v) is 8.89. The molecular weight excluding hydrogens is 410 g/mol. The smallest absolute Gasteiger partial charge is 0.243 e. The summed E-state index contributed by atoms with van der Waals surface area (Å²) in [5.41, 5.74) is -1.24. The van der Waals surface area contributed by atoms with E-state index < -0.39 is 28.8 Å². The van der Waals surface area contributed by atoms with E-state index in [1.165, 1.54) is 17.4 Å². The van der Waals surface area contributed by atoms with Gasteiger partial charge in [-0.3, -0.25) is 0 Å². The normalized spacial score (nSPS) is 12.9. The molecule has 0 aromatic carbocycles. The van der Waals surface area contributed by atoms with Crippen molar-refractivity contribution in [1.29, 1.82) is 0 Å². The van der Waals surface area contributed by atoms with Crippen molar-refractivity contribution >= 4 is 53.2 Å². The quantitative estimate of drug-likeness (QED) is 0.650. The molecule has 0 fully saturated rings. The van der Waals surface area contributed by atoms with Crippen LogP contribution in [0.3, 0.4) is 0 Å². The van der Waals surface area contributed by atoms with Crippen LogP contribution in [0.1, 0.15) is 13.3 Å². The number of halogens is 2. The fourth-order valence-corrected chi connectivity index (χ4v) is 6.53. The summed E-state index contributed by atoms with van der Waals surface area (Å²) in [6, 6.07) is 1.46. The third-order valence-corrected chi connectivity index (χ3v) is 6.88. The first-order chi connectivity index (χ1) is 8.30. The predicted octanol–water partition coefficient (Wildman–Crippen LogP) is 1.68. The zero-order chi connectivity index (χ0) is 14.0. The van der Waals surface area contributed by atoms with Crippen molar-refractivity contribution in [1.82, 2.24) is 4.72 Å². The van der Waals surface area contributed by atoms with E-state index in [0.717, 1.165) is 0 Å². The minimum absolute atomic E-state index is 0.0825. The van der Waals surface area contributed by atoms with E-state index in [4.69, 9.17) is 0 Å². The lowest BCUT2D eigenvalue weighted by Gasteiger charge is -2.29. The number of aliphatic hydroxyl groups excluding tert-OH is 2. The maximum atomic E-state index is 12.2. The molecule has 0 aliphatic heterocycles. The molecule has 0 aliphatic carbocycles. The highest BCUT2D eigenvalue weighted by molar-refractivity contribution is 9.12. The molecule has 1 aromatic rings. The van der Waals surface area contributed by atoms with Crippen LogP contribution in [-0.4, -0.2) is 37.4 Å². The molecule has 0 radical (unpaired) electrons. The zero-order valence-corrected chi connectivity index (χ0v) is 14.3. The maximum absolute atomic E-state index is 12.2. The van der Waals surface area contributed by atoms with Crippen LogP contribution < -0.4 is 4.72 Å². The summed E-state index contributed by atoms with van der Waals surface area (Å²) in [5, 5.41) is 18.5. The topological polar surface area (TPSA) is 86.6 Å². The molecule has 1 aromatic heterocycles. The van der Waals surface area contributed by atoms with Gasteiger partial charge in [-0.2, -0.15) is 0 Å². The van der Waals surface area contributed by atoms with Gasteiger partial charge in [0.05, 0.1) is 26.3 Å². The standard InChI is InChI=1S/C9H13Br2NO4S2/c1-2-9(4-13,5-14)12-18(15,16)6-3-7(10)17-8(6)11/h3,12-14H,2,4-5H2,1H3. The summed E-state index contributed by atoms with van der Waals surface area (Å²) in [6.07, 6.45) is 0.280. The molecule has 0 unspecified atom stereocenters. The van der Waals surface area contributed by atoms with Crippen molar-refractivity contribution in [3.8, 4) is 0 Å². The van der Waals surface area contributed by atoms with Crippen molar-refractivity contribution in [2.45, 2.75) is 23.8 Å². The second-order valence-corrected chi connectivity index (χ2v) is 9.14. The van der Waals surface area contributed by atoms with Crippen molar-refractivity contribution in [2.75, 3.05) is 13.2 Å². The lowest BCUT2D eigenvalue weighted by atomic mass is 10.0. The van der Waals surface area contributed by atoms with Crippen molar-refractivity contribution in [3.05, 3.63) is 13.6 Å². The van der Waals surface area contributed by atoms with Gasteiger partial charge in [0.15, 0.2) is 0 Å². The highest BCUT2D eigenvalue weighted by Crippen LogP contribution is 2.35. The van der Waals surface area contributed by atoms with Gasteiger partial charge in [-0.05, 0) is 44.3 Å². The van der Waals surface area contributed by atoms with Gasteiger partial charge in [-0.15, -0.1) is 11.3 Å². The number of rotatable bonds is 6. The van der Waals surface area contributed by atoms with Crippen LogP contribution in [-0.2, 0) is 10.0 Å². The Balaban J connectivity index is 3.12. The fraction of sp³-hybridized carbons (Fsp3) is 0.556. The molecule has 0 aliphatic rings. The molecule has 3 N–H and O–H groups in total. The number of aliphatic hydroxyl groups is 2. The molecule has 9 heteroatoms. The number of thiophene rings is 1. The van der Waals surface area contributed by atoms with Gasteiger partial charge < -0.3 is 10.2 Å². The number of hydrogen-bond acceptors (Lipinski definition) is 5. The highest BCUT2D eigenvalue weighted by atomic mass is 79.9. The summed E-state index contributed by atoms with van der Waals surface area (Å²) in [7, 11) is -3.80. The van der Waals surface area contributed by atoms with Crippen LogP contribution >= 0.6 is 43.2 Å². The second-order valence-electron chi connectivity index (χ2n) is 3.74. The Hall–Kier alpha value is 0.490. The van der Waals surface area contributed by atoms with Gasteiger partial charge in [0.2, 0.25) is 10.0 Å². The van der Waals surface area contributed by atoms with Crippen LogP contribution in [0.4, 0.5) is 0 Å². The van der Waals surface area contributed by atoms with Gasteiger partial charge in [-0.25, -0.2) is 13.1 Å². The van der Waals surface area contributed by atoms with Gasteiger partial charge in [0.25, 0.3) is 0 Å². The van der Waals surface area contributed by atoms with Crippen LogP contribution in [0.5, 0.6) is 0 Å². The van der Waals surface area contributed by atoms with Crippen LogP contribution in [0.15, 0.2) is 18.5 Å². The van der Waals surface area contributed by atoms with E-state index in [-0.39, 0.29) is 11.3 Å². The average molecular weight is 423 g/mol. The Morgan fingerprint density at radius 3 is 2.28 bits per heavy atom. The highest BCUT2D eigenvalue weighted by Gasteiger charge is 2.34. The molecule has 0 saturated carbocycles. The maximum Gasteiger partial charge on any atom is 0.243 e. The minimum atomic E-state index is -3.80. The summed E-state index contributed by atoms with van der Waals surface area (Å²) in [5.74, 6) is 0. The van der Waals surface area contributed by atoms with E-state index >= 15 is 0 Å². The summed E-state index contributed by atoms with van der Waals surface area (Å²) in [4.78, 5) is 0.0825. The minimum Gasteiger partial charge on any atom is -0.394 e. The Labute approximate surface area is 127 Å². The third-order valence-electron chi connectivity index (χ3n) is 2.55. The molecule has 0 spiro atoms. The molecule has 1 rings (SSSR count). The zero-order valence-electron chi connectivity index (χ0n) is 9.48. The van der Waals surface area contributed by atoms with E-state index in [2.05, 4.69) is 36.6 Å². The molecule has 0 amide bonds. The molecule has 5 nitrogen and oxygen atoms in total. The monoisotopic (exact) mass is 421 g/mol. The Morgan fingerprint density at radius 1 is 1.39 bits per heavy atom. The van der Waals surface area contributed by atoms with Crippen molar-refractivity contribution < 1.29 is 18.6 Å². The molecule has 18 heavy (non-hydrogen) atoms. The second kappa shape index (κ2) is 6.29. The van der Waals surface area contributed by atoms with Gasteiger partial charge >= 0.3 is 0 Å². The van der Waals surface area contributed by atoms with Gasteiger partial charge in [-0.1, -0.05) is 6.92 Å². The summed E-state index contributed by atoms with van der Waals surface area (Å²) < 4.78 is 27.8. The largest absolute Gasteiger partial charge is 0.394 e. The van der Waals surface area contributed by atoms with E-state index in [0.29, 0.717) is 7.57 Å². The molecule has 0 saturated heterocycles. The van der Waals surface area contributed by atoms with E-state index in [1.807, 2.05) is 0 Å². The Morgan fingerprint density at radius 2 is 1.94 bits per heavy atom. The third kappa shape index (κ3) is 3.53. The average Bonchev–Trinajstić information content (AvgIpc) is 2.66. The lowest BCUT2D eigenvalue weighted by molar-refractivity contribution is 0.105. The number of nitrogens with one attached hydrogen (secondary N) is 1. The first kappa shape index (κ1) is 16.5. The van der Waals surface area contributed by atoms with Crippen molar-refractivity contribution in [3.63, 3.8) is 0 Å². The lowest BCUT2D eigenvalue weighted by Crippen LogP contribution is -2.53. The molecule has 104 valence electrons. The van der Waals surface area contributed by atoms with Gasteiger partial charge in [0, 0.05) is 0 Å². The first-order valence-electron chi connectivity index (χ1n) is 5.01. The fourth-order valence-electron chi connectivity index (χ4n) is 1.26. The van der Waals surface area contributed by atoms with Crippen LogP contribution in [0.25, 0.3) is 0 Å². The SMILES string of the molecule is CCC(CO)(CO)NS(=O)(=O)c1cc(Br)sc1Br. The Kier molecular flexibility index (Phi) is 5.78. The summed E-state index contributed by atoms with van der Waals surface area (Å²) in [6.45, 7) is 0.748. The van der Waals surface area contributed by atoms with Crippen LogP contribution in [0.2, 0.25) is 0 Å². The summed E-state index contributed by atoms with van der Waals surface area (Å²) >= 11 is 7.61. The van der Waals surface area contributed by atoms with Crippen molar-refractivity contribution in [2.24, 2.45) is 0 Å². The number of sulfonamides is 1. The molecule has 0 bridgehead atoms. The van der Waals surface area contributed by atoms with E-state index in [9.17, 15) is 18.6 Å². The number of hydrogen-bond donors (Lipinski definition) is 3. The van der Waals surface area contributed by atoms with Gasteiger partial charge in [0.1, 0.15) is 4.90 Å². The molecule has 0 atom stereocenters. The Bertz CT molecular complexity index is 502. The van der Waals surface area contributed by atoms with E-state index in [1.54, 1.807) is 6.92 Å².